The van der Waals surface area contributed by atoms with Crippen LogP contribution in [0.5, 0.6) is 0 Å². The summed E-state index contributed by atoms with van der Waals surface area (Å²) in [6.45, 7) is 7.49. The second kappa shape index (κ2) is 6.15. The lowest BCUT2D eigenvalue weighted by molar-refractivity contribution is 0.0368. The molecule has 0 heterocycles. The summed E-state index contributed by atoms with van der Waals surface area (Å²) in [5.41, 5.74) is -0.181. The lowest BCUT2D eigenvalue weighted by Crippen LogP contribution is -2.41. The Balaban J connectivity index is 2.62. The molecule has 0 aromatic heterocycles. The lowest BCUT2D eigenvalue weighted by atomic mass is 9.94. The van der Waals surface area contributed by atoms with Crippen LogP contribution in [0, 0.1) is 18.7 Å². The lowest BCUT2D eigenvalue weighted by Gasteiger charge is -2.25. The highest BCUT2D eigenvalue weighted by Gasteiger charge is 2.22. The van der Waals surface area contributed by atoms with Crippen LogP contribution in [0.3, 0.4) is 0 Å². The SMILES string of the molecule is Cc1ccc(C(=O)NCC(C)(O)CC(C)C)cc1F. The van der Waals surface area contributed by atoms with Crippen molar-refractivity contribution in [3.05, 3.63) is 35.1 Å². The van der Waals surface area contributed by atoms with Gasteiger partial charge in [0.05, 0.1) is 5.60 Å². The molecule has 1 rings (SSSR count). The maximum absolute atomic E-state index is 13.4. The Morgan fingerprint density at radius 3 is 2.63 bits per heavy atom. The number of nitrogens with one attached hydrogen (secondary N) is 1. The number of amides is 1. The van der Waals surface area contributed by atoms with Gasteiger partial charge in [0, 0.05) is 12.1 Å². The molecule has 2 N–H and O–H groups in total. The molecule has 19 heavy (non-hydrogen) atoms. The fraction of sp³-hybridized carbons (Fsp3) is 0.533. The second-order valence-corrected chi connectivity index (χ2v) is 5.74. The molecule has 0 radical (unpaired) electrons. The first-order chi connectivity index (χ1) is 8.71. The van der Waals surface area contributed by atoms with Gasteiger partial charge in [0.25, 0.3) is 5.91 Å². The minimum absolute atomic E-state index is 0.152. The van der Waals surface area contributed by atoms with Crippen molar-refractivity contribution in [3.8, 4) is 0 Å². The van der Waals surface area contributed by atoms with Gasteiger partial charge in [-0.1, -0.05) is 19.9 Å². The molecule has 1 aromatic rings. The first-order valence-electron chi connectivity index (χ1n) is 6.48. The molecular weight excluding hydrogens is 245 g/mol. The van der Waals surface area contributed by atoms with Gasteiger partial charge in [0.2, 0.25) is 0 Å². The Morgan fingerprint density at radius 2 is 2.11 bits per heavy atom. The molecule has 4 heteroatoms. The first-order valence-corrected chi connectivity index (χ1v) is 6.48. The van der Waals surface area contributed by atoms with Gasteiger partial charge < -0.3 is 10.4 Å². The number of hydrogen-bond acceptors (Lipinski definition) is 2. The van der Waals surface area contributed by atoms with Crippen LogP contribution in [-0.2, 0) is 0 Å². The van der Waals surface area contributed by atoms with Crippen LogP contribution in [-0.4, -0.2) is 23.2 Å². The van der Waals surface area contributed by atoms with Crippen molar-refractivity contribution >= 4 is 5.91 Å². The molecule has 0 bridgehead atoms. The Kier molecular flexibility index (Phi) is 5.06. The molecule has 1 aromatic carbocycles. The fourth-order valence-corrected chi connectivity index (χ4v) is 2.06. The minimum Gasteiger partial charge on any atom is -0.388 e. The van der Waals surface area contributed by atoms with Crippen molar-refractivity contribution in [1.82, 2.24) is 5.32 Å². The number of halogens is 1. The monoisotopic (exact) mass is 267 g/mol. The van der Waals surface area contributed by atoms with Gasteiger partial charge in [-0.2, -0.15) is 0 Å². The van der Waals surface area contributed by atoms with Crippen LogP contribution in [0.25, 0.3) is 0 Å². The molecule has 0 saturated carbocycles. The van der Waals surface area contributed by atoms with E-state index in [1.807, 2.05) is 13.8 Å². The summed E-state index contributed by atoms with van der Waals surface area (Å²) in [5.74, 6) is -0.437. The van der Waals surface area contributed by atoms with E-state index in [4.69, 9.17) is 0 Å². The molecule has 106 valence electrons. The highest BCUT2D eigenvalue weighted by atomic mass is 19.1. The van der Waals surface area contributed by atoms with Gasteiger partial charge in [0.15, 0.2) is 0 Å². The number of carbonyl (C=O) groups excluding carboxylic acids is 1. The summed E-state index contributed by atoms with van der Waals surface area (Å²) in [6, 6.07) is 4.35. The third kappa shape index (κ3) is 4.99. The predicted molar refractivity (Wildman–Crippen MR) is 73.5 cm³/mol. The molecule has 0 aliphatic rings. The first kappa shape index (κ1) is 15.6. The predicted octanol–water partition coefficient (Wildman–Crippen LogP) is 2.66. The fourth-order valence-electron chi connectivity index (χ4n) is 2.06. The zero-order chi connectivity index (χ0) is 14.6. The Hall–Kier alpha value is -1.42. The molecule has 1 unspecified atom stereocenters. The molecule has 1 amide bonds. The summed E-state index contributed by atoms with van der Waals surface area (Å²) in [5, 5.41) is 12.7. The standard InChI is InChI=1S/C15H22FNO2/c1-10(2)8-15(4,19)9-17-14(18)12-6-5-11(3)13(16)7-12/h5-7,10,19H,8-9H2,1-4H3,(H,17,18). The second-order valence-electron chi connectivity index (χ2n) is 5.74. The van der Waals surface area contributed by atoms with Crippen LogP contribution in [0.15, 0.2) is 18.2 Å². The van der Waals surface area contributed by atoms with Gasteiger partial charge in [-0.15, -0.1) is 0 Å². The number of carbonyl (C=O) groups is 1. The van der Waals surface area contributed by atoms with Crippen LogP contribution >= 0.6 is 0 Å². The Labute approximate surface area is 113 Å². The molecule has 0 saturated heterocycles. The largest absolute Gasteiger partial charge is 0.388 e. The molecule has 3 nitrogen and oxygen atoms in total. The van der Waals surface area contributed by atoms with Crippen molar-refractivity contribution in [2.75, 3.05) is 6.54 Å². The van der Waals surface area contributed by atoms with Gasteiger partial charge in [0.1, 0.15) is 5.82 Å². The highest BCUT2D eigenvalue weighted by Crippen LogP contribution is 2.15. The van der Waals surface area contributed by atoms with E-state index in [0.29, 0.717) is 17.9 Å². The summed E-state index contributed by atoms with van der Waals surface area (Å²) >= 11 is 0. The summed E-state index contributed by atoms with van der Waals surface area (Å²) in [7, 11) is 0. The number of aryl methyl sites for hydroxylation is 1. The van der Waals surface area contributed by atoms with Crippen molar-refractivity contribution in [2.45, 2.75) is 39.7 Å². The summed E-state index contributed by atoms with van der Waals surface area (Å²) in [4.78, 5) is 11.9. The third-order valence-electron chi connectivity index (χ3n) is 2.91. The quantitative estimate of drug-likeness (QED) is 0.861. The number of hydrogen-bond donors (Lipinski definition) is 2. The molecule has 1 atom stereocenters. The molecule has 0 spiro atoms. The van der Waals surface area contributed by atoms with Gasteiger partial charge >= 0.3 is 0 Å². The van der Waals surface area contributed by atoms with Gasteiger partial charge in [-0.3, -0.25) is 4.79 Å². The number of rotatable bonds is 5. The summed E-state index contributed by atoms with van der Waals surface area (Å²) < 4.78 is 13.4. The van der Waals surface area contributed by atoms with E-state index in [-0.39, 0.29) is 18.0 Å². The van der Waals surface area contributed by atoms with E-state index in [1.54, 1.807) is 26.0 Å². The minimum atomic E-state index is -0.951. The van der Waals surface area contributed by atoms with E-state index in [2.05, 4.69) is 5.32 Å². The van der Waals surface area contributed by atoms with Gasteiger partial charge in [-0.05, 0) is 43.9 Å². The molecule has 0 aliphatic carbocycles. The van der Waals surface area contributed by atoms with E-state index in [0.717, 1.165) is 0 Å². The van der Waals surface area contributed by atoms with E-state index < -0.39 is 11.4 Å². The van der Waals surface area contributed by atoms with Crippen LogP contribution in [0.1, 0.15) is 43.1 Å². The van der Waals surface area contributed by atoms with Crippen molar-refractivity contribution in [3.63, 3.8) is 0 Å². The molecule has 0 fully saturated rings. The third-order valence-corrected chi connectivity index (χ3v) is 2.91. The van der Waals surface area contributed by atoms with Crippen LogP contribution < -0.4 is 5.32 Å². The highest BCUT2D eigenvalue weighted by molar-refractivity contribution is 5.94. The Morgan fingerprint density at radius 1 is 1.47 bits per heavy atom. The maximum atomic E-state index is 13.4. The van der Waals surface area contributed by atoms with Crippen LogP contribution in [0.4, 0.5) is 4.39 Å². The number of aliphatic hydroxyl groups is 1. The maximum Gasteiger partial charge on any atom is 0.251 e. The van der Waals surface area contributed by atoms with Gasteiger partial charge in [-0.25, -0.2) is 4.39 Å². The summed E-state index contributed by atoms with van der Waals surface area (Å²) in [6.07, 6.45) is 0.593. The normalized spacial score (nSPS) is 14.3. The molecule has 0 aliphatic heterocycles. The number of benzene rings is 1. The van der Waals surface area contributed by atoms with Crippen molar-refractivity contribution in [2.24, 2.45) is 5.92 Å². The average molecular weight is 267 g/mol. The zero-order valence-corrected chi connectivity index (χ0v) is 12.0. The van der Waals surface area contributed by atoms with E-state index in [9.17, 15) is 14.3 Å². The van der Waals surface area contributed by atoms with Crippen LogP contribution in [0.2, 0.25) is 0 Å². The smallest absolute Gasteiger partial charge is 0.251 e. The molecular formula is C15H22FNO2. The van der Waals surface area contributed by atoms with E-state index in [1.165, 1.54) is 6.07 Å². The zero-order valence-electron chi connectivity index (χ0n) is 12.0. The van der Waals surface area contributed by atoms with Crippen molar-refractivity contribution in [1.29, 1.82) is 0 Å². The average Bonchev–Trinajstić information content (AvgIpc) is 2.28. The van der Waals surface area contributed by atoms with E-state index >= 15 is 0 Å². The topological polar surface area (TPSA) is 49.3 Å². The van der Waals surface area contributed by atoms with Crippen molar-refractivity contribution < 1.29 is 14.3 Å². The Bertz CT molecular complexity index is 455.